The lowest BCUT2D eigenvalue weighted by molar-refractivity contribution is -0.133. The molecule has 2 aromatic rings. The van der Waals surface area contributed by atoms with E-state index in [9.17, 15) is 9.59 Å². The van der Waals surface area contributed by atoms with Crippen LogP contribution >= 0.6 is 0 Å². The number of fused-ring (bicyclic) bond motifs is 1. The summed E-state index contributed by atoms with van der Waals surface area (Å²) in [5.41, 5.74) is 1.89. The van der Waals surface area contributed by atoms with Crippen molar-refractivity contribution in [1.29, 1.82) is 0 Å². The molecular formula is C15H18N4O3. The lowest BCUT2D eigenvalue weighted by Gasteiger charge is -2.14. The van der Waals surface area contributed by atoms with Crippen LogP contribution in [0.3, 0.4) is 0 Å². The average Bonchev–Trinajstić information content (AvgIpc) is 3.20. The van der Waals surface area contributed by atoms with Crippen LogP contribution in [0.4, 0.5) is 0 Å². The molecule has 3 rings (SSSR count). The Kier molecular flexibility index (Phi) is 4.04. The average molecular weight is 302 g/mol. The van der Waals surface area contributed by atoms with Crippen molar-refractivity contribution in [3.63, 3.8) is 0 Å². The van der Waals surface area contributed by atoms with Crippen molar-refractivity contribution < 1.29 is 14.3 Å². The quantitative estimate of drug-likeness (QED) is 0.794. The van der Waals surface area contributed by atoms with Gasteiger partial charge in [0.25, 0.3) is 5.91 Å². The molecule has 1 aliphatic heterocycles. The van der Waals surface area contributed by atoms with Crippen molar-refractivity contribution in [3.8, 4) is 0 Å². The number of nitrogens with zero attached hydrogens (tertiary/aromatic N) is 4. The molecule has 0 radical (unpaired) electrons. The van der Waals surface area contributed by atoms with Gasteiger partial charge in [0.05, 0.1) is 11.1 Å². The number of carbonyl (C=O) groups is 2. The van der Waals surface area contributed by atoms with Crippen LogP contribution in [-0.2, 0) is 16.1 Å². The summed E-state index contributed by atoms with van der Waals surface area (Å²) < 4.78 is 6.85. The summed E-state index contributed by atoms with van der Waals surface area (Å²) in [4.78, 5) is 25.6. The van der Waals surface area contributed by atoms with Gasteiger partial charge < -0.3 is 9.64 Å². The standard InChI is InChI=1S/C15H18N4O3/c1-2-19-13-6-5-11(9-12(13)16-17-19)15(21)22-10-14(20)18-7-3-4-8-18/h5-6,9H,2-4,7-8,10H2,1H3. The van der Waals surface area contributed by atoms with Crippen molar-refractivity contribution in [2.24, 2.45) is 0 Å². The number of aryl methyl sites for hydroxylation is 1. The van der Waals surface area contributed by atoms with Crippen LogP contribution < -0.4 is 0 Å². The summed E-state index contributed by atoms with van der Waals surface area (Å²) in [5, 5.41) is 8.02. The van der Waals surface area contributed by atoms with Gasteiger partial charge >= 0.3 is 5.97 Å². The third-order valence-corrected chi connectivity index (χ3v) is 3.83. The van der Waals surface area contributed by atoms with E-state index in [2.05, 4.69) is 10.3 Å². The number of amides is 1. The Morgan fingerprint density at radius 1 is 1.27 bits per heavy atom. The van der Waals surface area contributed by atoms with E-state index in [0.717, 1.165) is 31.4 Å². The van der Waals surface area contributed by atoms with Gasteiger partial charge in [-0.1, -0.05) is 5.21 Å². The summed E-state index contributed by atoms with van der Waals surface area (Å²) >= 11 is 0. The normalized spacial score (nSPS) is 14.5. The minimum atomic E-state index is -0.513. The maximum absolute atomic E-state index is 12.0. The fourth-order valence-electron chi connectivity index (χ4n) is 2.60. The topological polar surface area (TPSA) is 77.3 Å². The molecular weight excluding hydrogens is 284 g/mol. The Balaban J connectivity index is 1.65. The van der Waals surface area contributed by atoms with Gasteiger partial charge in [0.15, 0.2) is 6.61 Å². The molecule has 7 nitrogen and oxygen atoms in total. The number of likely N-dealkylation sites (tertiary alicyclic amines) is 1. The van der Waals surface area contributed by atoms with Gasteiger partial charge in [-0.15, -0.1) is 5.10 Å². The zero-order chi connectivity index (χ0) is 15.5. The van der Waals surface area contributed by atoms with Crippen molar-refractivity contribution in [3.05, 3.63) is 23.8 Å². The predicted molar refractivity (Wildman–Crippen MR) is 79.3 cm³/mol. The van der Waals surface area contributed by atoms with Crippen LogP contribution in [0.5, 0.6) is 0 Å². The second-order valence-corrected chi connectivity index (χ2v) is 5.27. The smallest absolute Gasteiger partial charge is 0.338 e. The number of carbonyl (C=O) groups excluding carboxylic acids is 2. The summed E-state index contributed by atoms with van der Waals surface area (Å²) in [5.74, 6) is -0.649. The zero-order valence-electron chi connectivity index (χ0n) is 12.5. The maximum atomic E-state index is 12.0. The van der Waals surface area contributed by atoms with E-state index in [1.807, 2.05) is 6.92 Å². The molecule has 1 aromatic heterocycles. The van der Waals surface area contributed by atoms with Gasteiger partial charge in [-0.3, -0.25) is 4.79 Å². The summed E-state index contributed by atoms with van der Waals surface area (Å²) in [7, 11) is 0. The van der Waals surface area contributed by atoms with Gasteiger partial charge in [-0.2, -0.15) is 0 Å². The van der Waals surface area contributed by atoms with E-state index in [0.29, 0.717) is 17.6 Å². The molecule has 0 saturated carbocycles. The number of rotatable bonds is 4. The molecule has 0 aliphatic carbocycles. The SMILES string of the molecule is CCn1nnc2cc(C(=O)OCC(=O)N3CCCC3)ccc21. The largest absolute Gasteiger partial charge is 0.452 e. The number of hydrogen-bond donors (Lipinski definition) is 0. The first-order chi connectivity index (χ1) is 10.7. The van der Waals surface area contributed by atoms with Crippen molar-refractivity contribution in [2.45, 2.75) is 26.3 Å². The van der Waals surface area contributed by atoms with E-state index in [1.165, 1.54) is 0 Å². The van der Waals surface area contributed by atoms with Gasteiger partial charge in [-0.25, -0.2) is 9.48 Å². The summed E-state index contributed by atoms with van der Waals surface area (Å²) in [6.45, 7) is 3.98. The Morgan fingerprint density at radius 2 is 2.05 bits per heavy atom. The Labute approximate surface area is 127 Å². The molecule has 22 heavy (non-hydrogen) atoms. The van der Waals surface area contributed by atoms with Crippen LogP contribution in [0.2, 0.25) is 0 Å². The first-order valence-corrected chi connectivity index (χ1v) is 7.47. The van der Waals surface area contributed by atoms with Gasteiger partial charge in [0.1, 0.15) is 5.52 Å². The second-order valence-electron chi connectivity index (χ2n) is 5.27. The maximum Gasteiger partial charge on any atom is 0.338 e. The molecule has 1 aromatic carbocycles. The first-order valence-electron chi connectivity index (χ1n) is 7.47. The van der Waals surface area contributed by atoms with Crippen LogP contribution in [-0.4, -0.2) is 51.5 Å². The highest BCUT2D eigenvalue weighted by atomic mass is 16.5. The molecule has 1 aliphatic rings. The third-order valence-electron chi connectivity index (χ3n) is 3.83. The van der Waals surface area contributed by atoms with E-state index in [-0.39, 0.29) is 12.5 Å². The van der Waals surface area contributed by atoms with Gasteiger partial charge in [0, 0.05) is 19.6 Å². The van der Waals surface area contributed by atoms with Crippen LogP contribution in [0, 0.1) is 0 Å². The fourth-order valence-corrected chi connectivity index (χ4v) is 2.60. The molecule has 0 N–H and O–H groups in total. The lowest BCUT2D eigenvalue weighted by atomic mass is 10.2. The molecule has 0 spiro atoms. The first kappa shape index (κ1) is 14.5. The van der Waals surface area contributed by atoms with Crippen LogP contribution in [0.15, 0.2) is 18.2 Å². The van der Waals surface area contributed by atoms with Gasteiger partial charge in [0.2, 0.25) is 0 Å². The number of benzene rings is 1. The summed E-state index contributed by atoms with van der Waals surface area (Å²) in [6, 6.07) is 5.09. The Bertz CT molecular complexity index is 704. The van der Waals surface area contributed by atoms with Crippen LogP contribution in [0.25, 0.3) is 11.0 Å². The number of ether oxygens (including phenoxy) is 1. The highest BCUT2D eigenvalue weighted by Gasteiger charge is 2.20. The van der Waals surface area contributed by atoms with E-state index in [1.54, 1.807) is 27.8 Å². The lowest BCUT2D eigenvalue weighted by Crippen LogP contribution is -2.32. The van der Waals surface area contributed by atoms with Crippen molar-refractivity contribution in [1.82, 2.24) is 19.9 Å². The van der Waals surface area contributed by atoms with Gasteiger partial charge in [-0.05, 0) is 38.0 Å². The minimum absolute atomic E-state index is 0.135. The molecule has 0 unspecified atom stereocenters. The van der Waals surface area contributed by atoms with E-state index in [4.69, 9.17) is 4.74 Å². The fraction of sp³-hybridized carbons (Fsp3) is 0.467. The summed E-state index contributed by atoms with van der Waals surface area (Å²) in [6.07, 6.45) is 2.03. The number of aromatic nitrogens is 3. The molecule has 0 atom stereocenters. The molecule has 1 saturated heterocycles. The van der Waals surface area contributed by atoms with Crippen LogP contribution in [0.1, 0.15) is 30.1 Å². The number of esters is 1. The number of hydrogen-bond acceptors (Lipinski definition) is 5. The third kappa shape index (κ3) is 2.79. The second kappa shape index (κ2) is 6.13. The van der Waals surface area contributed by atoms with E-state index < -0.39 is 5.97 Å². The highest BCUT2D eigenvalue weighted by molar-refractivity contribution is 5.94. The molecule has 116 valence electrons. The molecule has 1 amide bonds. The zero-order valence-corrected chi connectivity index (χ0v) is 12.5. The van der Waals surface area contributed by atoms with Crippen molar-refractivity contribution >= 4 is 22.9 Å². The monoisotopic (exact) mass is 302 g/mol. The molecule has 2 heterocycles. The Morgan fingerprint density at radius 3 is 2.77 bits per heavy atom. The van der Waals surface area contributed by atoms with E-state index >= 15 is 0 Å². The Hall–Kier alpha value is -2.44. The minimum Gasteiger partial charge on any atom is -0.452 e. The predicted octanol–water partition coefficient (Wildman–Crippen LogP) is 1.23. The highest BCUT2D eigenvalue weighted by Crippen LogP contribution is 2.14. The molecule has 0 bridgehead atoms. The molecule has 1 fully saturated rings. The molecule has 7 heteroatoms. The van der Waals surface area contributed by atoms with Crippen molar-refractivity contribution in [2.75, 3.05) is 19.7 Å².